The van der Waals surface area contributed by atoms with Crippen LogP contribution >= 0.6 is 0 Å². The minimum Gasteiger partial charge on any atom is -0.393 e. The Hall–Kier alpha value is -1.19. The maximum atomic E-state index is 12.8. The molecule has 6 saturated carbocycles. The lowest BCUT2D eigenvalue weighted by Gasteiger charge is -2.64. The molecule has 4 N–H and O–H groups in total. The Morgan fingerprint density at radius 3 is 2.40 bits per heavy atom. The van der Waals surface area contributed by atoms with Gasteiger partial charge in [0.25, 0.3) is 0 Å². The van der Waals surface area contributed by atoms with Crippen LogP contribution in [-0.4, -0.2) is 55.0 Å². The molecule has 6 aliphatic carbocycles. The fourth-order valence-electron chi connectivity index (χ4n) is 12.5. The fourth-order valence-corrected chi connectivity index (χ4v) is 14.1. The third-order valence-electron chi connectivity index (χ3n) is 14.5. The van der Waals surface area contributed by atoms with Crippen molar-refractivity contribution in [2.75, 3.05) is 12.3 Å². The summed E-state index contributed by atoms with van der Waals surface area (Å²) in [7, 11) is -3.89. The van der Waals surface area contributed by atoms with Crippen molar-refractivity contribution in [2.24, 2.45) is 63.6 Å². The average Bonchev–Trinajstić information content (AvgIpc) is 3.58. The molecular formula is C34H56N2O6S. The number of nitrogens with one attached hydrogen (secondary N) is 2. The molecule has 9 heteroatoms. The molecule has 2 amide bonds. The average molecular weight is 621 g/mol. The molecule has 0 aromatic carbocycles. The van der Waals surface area contributed by atoms with E-state index in [1.807, 2.05) is 0 Å². The number of carbonyl (C=O) groups is 2. The summed E-state index contributed by atoms with van der Waals surface area (Å²) in [6.07, 6.45) is 11.2. The smallest absolute Gasteiger partial charge is 0.328 e. The number of ketones is 1. The molecule has 244 valence electrons. The van der Waals surface area contributed by atoms with E-state index in [2.05, 4.69) is 37.7 Å². The summed E-state index contributed by atoms with van der Waals surface area (Å²) < 4.78 is 27.8. The lowest BCUT2D eigenvalue weighted by Crippen LogP contribution is -2.62. The minimum absolute atomic E-state index is 0.0400. The first-order valence-electron chi connectivity index (χ1n) is 17.4. The van der Waals surface area contributed by atoms with Crippen molar-refractivity contribution in [3.8, 4) is 0 Å². The number of urea groups is 1. The molecular weight excluding hydrogens is 564 g/mol. The summed E-state index contributed by atoms with van der Waals surface area (Å²) in [6.45, 7) is 9.82. The zero-order valence-electron chi connectivity index (χ0n) is 26.8. The van der Waals surface area contributed by atoms with Crippen LogP contribution in [0.1, 0.15) is 111 Å². The van der Waals surface area contributed by atoms with Crippen LogP contribution in [0.4, 0.5) is 4.79 Å². The van der Waals surface area contributed by atoms with Gasteiger partial charge in [-0.25, -0.2) is 17.9 Å². The minimum atomic E-state index is -3.89. The number of aliphatic hydroxyl groups excluding tert-OH is 2. The third-order valence-corrected chi connectivity index (χ3v) is 16.0. The number of carbonyl (C=O) groups excluding carboxylic acids is 2. The molecule has 0 aliphatic heterocycles. The molecule has 6 aliphatic rings. The summed E-state index contributed by atoms with van der Waals surface area (Å²) >= 11 is 0. The molecule has 0 aromatic heterocycles. The predicted octanol–water partition coefficient (Wildman–Crippen LogP) is 5.03. The Balaban J connectivity index is 1.06. The summed E-state index contributed by atoms with van der Waals surface area (Å²) in [5.41, 5.74) is -0.454. The molecule has 0 heterocycles. The van der Waals surface area contributed by atoms with E-state index in [1.54, 1.807) is 0 Å². The molecule has 2 bridgehead atoms. The molecule has 0 aromatic rings. The van der Waals surface area contributed by atoms with E-state index < -0.39 is 21.5 Å². The topological polar surface area (TPSA) is 133 Å². The standard InChI is InChI=1S/C34H56N2O6S/c1-5-23-27-17-22(37)9-12-33(27,4)26-10-13-32(3)24(6-7-25(32)29(26)30(23)39)20(2)11-15-35-31(40)36-43(41,42)19-34-14-8-21(18-34)16-28(34)38/h20-27,29-30,37,39H,5-19H2,1-4H3,(H2,35,36,40)/t20-,21?,22-,23-,24-,25+,26+,27+,29+,30-,32-,33-,34+/m1/s1. The zero-order chi connectivity index (χ0) is 30.9. The van der Waals surface area contributed by atoms with Gasteiger partial charge in [0, 0.05) is 18.4 Å². The van der Waals surface area contributed by atoms with Crippen LogP contribution in [0.2, 0.25) is 0 Å². The molecule has 1 unspecified atom stereocenters. The van der Waals surface area contributed by atoms with Crippen molar-refractivity contribution < 1.29 is 28.2 Å². The highest BCUT2D eigenvalue weighted by molar-refractivity contribution is 7.90. The number of amides is 2. The van der Waals surface area contributed by atoms with Gasteiger partial charge < -0.3 is 15.5 Å². The van der Waals surface area contributed by atoms with Crippen LogP contribution in [0, 0.1) is 63.6 Å². The highest BCUT2D eigenvalue weighted by Gasteiger charge is 2.65. The van der Waals surface area contributed by atoms with Gasteiger partial charge in [0.2, 0.25) is 10.0 Å². The SMILES string of the molecule is CC[C@H]1[C@@H](O)[C@@H]2[C@H](CC[C@]3(C)[C@@H]([C@H](C)CCNC(=O)NS(=O)(=O)C[C@@]45CCC(CC4=O)C5)CC[C@@H]23)[C@@]2(C)CC[C@@H](O)C[C@@H]12. The zero-order valence-corrected chi connectivity index (χ0v) is 27.6. The van der Waals surface area contributed by atoms with E-state index in [1.165, 1.54) is 0 Å². The van der Waals surface area contributed by atoms with E-state index >= 15 is 0 Å². The lowest BCUT2D eigenvalue weighted by molar-refractivity contribution is -0.203. The molecule has 0 saturated heterocycles. The quantitative estimate of drug-likeness (QED) is 0.301. The van der Waals surface area contributed by atoms with Crippen LogP contribution < -0.4 is 10.0 Å². The van der Waals surface area contributed by atoms with Gasteiger partial charge in [-0.05, 0) is 129 Å². The second kappa shape index (κ2) is 11.3. The second-order valence-corrected chi connectivity index (χ2v) is 18.2. The van der Waals surface area contributed by atoms with Crippen LogP contribution in [0.15, 0.2) is 0 Å². The van der Waals surface area contributed by atoms with E-state index in [0.29, 0.717) is 67.2 Å². The third kappa shape index (κ3) is 5.29. The number of fused-ring (bicyclic) bond motifs is 7. The van der Waals surface area contributed by atoms with Crippen molar-refractivity contribution in [3.05, 3.63) is 0 Å². The number of hydrogen-bond acceptors (Lipinski definition) is 6. The molecule has 6 rings (SSSR count). The van der Waals surface area contributed by atoms with Crippen LogP contribution in [-0.2, 0) is 14.8 Å². The summed E-state index contributed by atoms with van der Waals surface area (Å²) in [6, 6.07) is -0.698. The van der Waals surface area contributed by atoms with Gasteiger partial charge in [0.1, 0.15) is 5.78 Å². The molecule has 0 radical (unpaired) electrons. The van der Waals surface area contributed by atoms with Crippen molar-refractivity contribution in [1.29, 1.82) is 0 Å². The number of hydrogen-bond donors (Lipinski definition) is 4. The molecule has 6 fully saturated rings. The highest BCUT2D eigenvalue weighted by atomic mass is 32.2. The number of aliphatic hydroxyl groups is 2. The van der Waals surface area contributed by atoms with E-state index in [0.717, 1.165) is 64.2 Å². The maximum Gasteiger partial charge on any atom is 0.328 e. The van der Waals surface area contributed by atoms with E-state index in [9.17, 15) is 28.2 Å². The van der Waals surface area contributed by atoms with E-state index in [4.69, 9.17) is 0 Å². The Labute approximate surface area is 259 Å². The van der Waals surface area contributed by atoms with Gasteiger partial charge in [-0.15, -0.1) is 0 Å². The molecule has 0 spiro atoms. The van der Waals surface area contributed by atoms with Gasteiger partial charge in [0.05, 0.1) is 18.0 Å². The Morgan fingerprint density at radius 1 is 1.00 bits per heavy atom. The van der Waals surface area contributed by atoms with Crippen molar-refractivity contribution in [1.82, 2.24) is 10.0 Å². The summed E-state index contributed by atoms with van der Waals surface area (Å²) in [5.74, 6) is 2.89. The first-order valence-corrected chi connectivity index (χ1v) is 19.1. The molecule has 13 atom stereocenters. The van der Waals surface area contributed by atoms with Gasteiger partial charge in [-0.3, -0.25) is 4.79 Å². The van der Waals surface area contributed by atoms with Crippen LogP contribution in [0.3, 0.4) is 0 Å². The molecule has 43 heavy (non-hydrogen) atoms. The fraction of sp³-hybridized carbons (Fsp3) is 0.941. The Morgan fingerprint density at radius 2 is 1.72 bits per heavy atom. The number of sulfonamides is 1. The normalized spacial score (nSPS) is 47.9. The van der Waals surface area contributed by atoms with Crippen molar-refractivity contribution in [3.63, 3.8) is 0 Å². The van der Waals surface area contributed by atoms with Crippen LogP contribution in [0.25, 0.3) is 0 Å². The molecule has 8 nitrogen and oxygen atoms in total. The number of rotatable bonds is 8. The van der Waals surface area contributed by atoms with E-state index in [-0.39, 0.29) is 40.5 Å². The highest BCUT2D eigenvalue weighted by Crippen LogP contribution is 2.69. The van der Waals surface area contributed by atoms with Gasteiger partial charge in [-0.2, -0.15) is 0 Å². The monoisotopic (exact) mass is 620 g/mol. The predicted molar refractivity (Wildman–Crippen MR) is 165 cm³/mol. The summed E-state index contributed by atoms with van der Waals surface area (Å²) in [4.78, 5) is 25.0. The second-order valence-electron chi connectivity index (χ2n) is 16.5. The lowest BCUT2D eigenvalue weighted by atomic mass is 9.41. The first-order chi connectivity index (χ1) is 20.2. The number of Topliss-reactive ketones (excluding diaryl/α,β-unsaturated/α-hetero) is 1. The summed E-state index contributed by atoms with van der Waals surface area (Å²) in [5, 5.41) is 25.2. The van der Waals surface area contributed by atoms with Crippen LogP contribution in [0.5, 0.6) is 0 Å². The van der Waals surface area contributed by atoms with Crippen molar-refractivity contribution >= 4 is 21.8 Å². The Bertz CT molecular complexity index is 1210. The largest absolute Gasteiger partial charge is 0.393 e. The van der Waals surface area contributed by atoms with Crippen molar-refractivity contribution in [2.45, 2.75) is 123 Å². The Kier molecular flexibility index (Phi) is 8.32. The van der Waals surface area contributed by atoms with Gasteiger partial charge >= 0.3 is 6.03 Å². The first kappa shape index (κ1) is 31.8. The maximum absolute atomic E-state index is 12.8. The van der Waals surface area contributed by atoms with Gasteiger partial charge in [-0.1, -0.05) is 34.1 Å². The van der Waals surface area contributed by atoms with Gasteiger partial charge in [0.15, 0.2) is 0 Å².